The summed E-state index contributed by atoms with van der Waals surface area (Å²) < 4.78 is 0. The van der Waals surface area contributed by atoms with Crippen LogP contribution in [0, 0.1) is 12.3 Å². The minimum atomic E-state index is 0.255. The maximum atomic E-state index is 6.34. The molecule has 0 saturated heterocycles. The first-order valence-corrected chi connectivity index (χ1v) is 6.27. The smallest absolute Gasteiger partial charge is 0.0419 e. The van der Waals surface area contributed by atoms with Gasteiger partial charge in [-0.1, -0.05) is 25.8 Å². The Labute approximate surface area is 98.3 Å². The summed E-state index contributed by atoms with van der Waals surface area (Å²) >= 11 is 0. The van der Waals surface area contributed by atoms with Gasteiger partial charge in [0.1, 0.15) is 0 Å². The molecule has 1 saturated carbocycles. The van der Waals surface area contributed by atoms with Crippen molar-refractivity contribution in [2.75, 3.05) is 0 Å². The number of pyridine rings is 1. The Kier molecular flexibility index (Phi) is 3.29. The number of hydrogen-bond acceptors (Lipinski definition) is 2. The van der Waals surface area contributed by atoms with E-state index in [0.717, 1.165) is 12.1 Å². The molecule has 16 heavy (non-hydrogen) atoms. The third kappa shape index (κ3) is 2.43. The molecule has 2 heteroatoms. The van der Waals surface area contributed by atoms with Gasteiger partial charge in [-0.3, -0.25) is 4.98 Å². The summed E-state index contributed by atoms with van der Waals surface area (Å²) in [6.45, 7) is 4.40. The highest BCUT2D eigenvalue weighted by Crippen LogP contribution is 2.40. The number of nitrogens with zero attached hydrogens (tertiary/aromatic N) is 1. The number of aryl methyl sites for hydroxylation is 1. The van der Waals surface area contributed by atoms with Gasteiger partial charge in [-0.15, -0.1) is 0 Å². The molecule has 0 aliphatic heterocycles. The molecule has 1 unspecified atom stereocenters. The van der Waals surface area contributed by atoms with Crippen molar-refractivity contribution in [3.05, 3.63) is 29.6 Å². The summed E-state index contributed by atoms with van der Waals surface area (Å²) in [6, 6.07) is 4.48. The Bertz CT molecular complexity index is 336. The highest BCUT2D eigenvalue weighted by Gasteiger charge is 2.34. The predicted molar refractivity (Wildman–Crippen MR) is 67.2 cm³/mol. The molecule has 1 heterocycles. The van der Waals surface area contributed by atoms with E-state index in [9.17, 15) is 0 Å². The van der Waals surface area contributed by atoms with Crippen LogP contribution in [0.1, 0.15) is 43.9 Å². The van der Waals surface area contributed by atoms with Gasteiger partial charge in [-0.2, -0.15) is 0 Å². The van der Waals surface area contributed by atoms with Gasteiger partial charge in [0.15, 0.2) is 0 Å². The van der Waals surface area contributed by atoms with E-state index in [1.807, 2.05) is 6.20 Å². The van der Waals surface area contributed by atoms with E-state index < -0.39 is 0 Å². The summed E-state index contributed by atoms with van der Waals surface area (Å²) in [5.74, 6) is 0. The molecular weight excluding hydrogens is 196 g/mol. The van der Waals surface area contributed by atoms with E-state index >= 15 is 0 Å². The molecule has 1 fully saturated rings. The fourth-order valence-corrected chi connectivity index (χ4v) is 2.64. The van der Waals surface area contributed by atoms with Crippen molar-refractivity contribution in [2.24, 2.45) is 11.1 Å². The van der Waals surface area contributed by atoms with Crippen molar-refractivity contribution in [3.63, 3.8) is 0 Å². The summed E-state index contributed by atoms with van der Waals surface area (Å²) in [5, 5.41) is 0. The molecular formula is C14H22N2. The van der Waals surface area contributed by atoms with Gasteiger partial charge in [0.25, 0.3) is 0 Å². The number of rotatable bonds is 3. The van der Waals surface area contributed by atoms with Crippen LogP contribution in [0.25, 0.3) is 0 Å². The van der Waals surface area contributed by atoms with E-state index in [1.165, 1.54) is 31.2 Å². The zero-order valence-electron chi connectivity index (χ0n) is 10.4. The fourth-order valence-electron chi connectivity index (χ4n) is 2.64. The second-order valence-corrected chi connectivity index (χ2v) is 5.50. The van der Waals surface area contributed by atoms with E-state index in [2.05, 4.69) is 31.0 Å². The Balaban J connectivity index is 2.01. The largest absolute Gasteiger partial charge is 0.327 e. The monoisotopic (exact) mass is 218 g/mol. The van der Waals surface area contributed by atoms with Crippen LogP contribution in [-0.2, 0) is 6.42 Å². The first kappa shape index (κ1) is 11.6. The maximum Gasteiger partial charge on any atom is 0.0419 e. The van der Waals surface area contributed by atoms with Crippen molar-refractivity contribution in [1.82, 2.24) is 4.98 Å². The molecule has 2 nitrogen and oxygen atoms in total. The molecule has 0 bridgehead atoms. The van der Waals surface area contributed by atoms with Gasteiger partial charge in [0.2, 0.25) is 0 Å². The van der Waals surface area contributed by atoms with Crippen LogP contribution in [0.2, 0.25) is 0 Å². The molecule has 1 aromatic rings. The predicted octanol–water partition coefficient (Wildman–Crippen LogP) is 2.84. The van der Waals surface area contributed by atoms with Gasteiger partial charge in [-0.05, 0) is 36.8 Å². The zero-order chi connectivity index (χ0) is 11.6. The van der Waals surface area contributed by atoms with Crippen LogP contribution in [0.5, 0.6) is 0 Å². The first-order chi connectivity index (χ1) is 7.60. The number of nitrogens with two attached hydrogens (primary N) is 1. The van der Waals surface area contributed by atoms with Gasteiger partial charge in [0, 0.05) is 24.4 Å². The molecule has 0 spiro atoms. The lowest BCUT2D eigenvalue weighted by Gasteiger charge is -2.30. The summed E-state index contributed by atoms with van der Waals surface area (Å²) in [4.78, 5) is 4.44. The number of aromatic nitrogens is 1. The molecule has 2 N–H and O–H groups in total. The third-order valence-electron chi connectivity index (χ3n) is 4.04. The lowest BCUT2D eigenvalue weighted by molar-refractivity contribution is 0.259. The van der Waals surface area contributed by atoms with Crippen molar-refractivity contribution in [1.29, 1.82) is 0 Å². The molecule has 1 aliphatic carbocycles. The zero-order valence-corrected chi connectivity index (χ0v) is 10.4. The average molecular weight is 218 g/mol. The SMILES string of the molecule is Cc1ccc(CC(N)C2(C)CCCC2)nc1. The van der Waals surface area contributed by atoms with E-state index in [0.29, 0.717) is 5.41 Å². The normalized spacial score (nSPS) is 20.9. The Morgan fingerprint density at radius 3 is 2.62 bits per heavy atom. The fraction of sp³-hybridized carbons (Fsp3) is 0.643. The molecule has 1 atom stereocenters. The van der Waals surface area contributed by atoms with Gasteiger partial charge < -0.3 is 5.73 Å². The number of hydrogen-bond donors (Lipinski definition) is 1. The van der Waals surface area contributed by atoms with Gasteiger partial charge in [0.05, 0.1) is 0 Å². The third-order valence-corrected chi connectivity index (χ3v) is 4.04. The van der Waals surface area contributed by atoms with Crippen molar-refractivity contribution in [3.8, 4) is 0 Å². The topological polar surface area (TPSA) is 38.9 Å². The Morgan fingerprint density at radius 1 is 1.38 bits per heavy atom. The van der Waals surface area contributed by atoms with E-state index in [-0.39, 0.29) is 6.04 Å². The quantitative estimate of drug-likeness (QED) is 0.847. The highest BCUT2D eigenvalue weighted by atomic mass is 14.7. The van der Waals surface area contributed by atoms with Crippen molar-refractivity contribution in [2.45, 2.75) is 52.0 Å². The summed E-state index contributed by atoms with van der Waals surface area (Å²) in [6.07, 6.45) is 8.08. The highest BCUT2D eigenvalue weighted by molar-refractivity contribution is 5.13. The standard InChI is InChI=1S/C14H22N2/c1-11-5-6-12(16-10-11)9-13(15)14(2)7-3-4-8-14/h5-6,10,13H,3-4,7-9,15H2,1-2H3. The molecule has 2 rings (SSSR count). The lowest BCUT2D eigenvalue weighted by atomic mass is 9.79. The minimum Gasteiger partial charge on any atom is -0.327 e. The van der Waals surface area contributed by atoms with Crippen LogP contribution in [0.3, 0.4) is 0 Å². The van der Waals surface area contributed by atoms with Crippen LogP contribution < -0.4 is 5.73 Å². The van der Waals surface area contributed by atoms with E-state index in [1.54, 1.807) is 0 Å². The maximum absolute atomic E-state index is 6.34. The van der Waals surface area contributed by atoms with E-state index in [4.69, 9.17) is 5.73 Å². The van der Waals surface area contributed by atoms with Crippen LogP contribution >= 0.6 is 0 Å². The molecule has 0 aromatic carbocycles. The second-order valence-electron chi connectivity index (χ2n) is 5.50. The van der Waals surface area contributed by atoms with Gasteiger partial charge >= 0.3 is 0 Å². The molecule has 0 radical (unpaired) electrons. The molecule has 1 aliphatic rings. The second kappa shape index (κ2) is 4.54. The van der Waals surface area contributed by atoms with Crippen molar-refractivity contribution >= 4 is 0 Å². The molecule has 88 valence electrons. The van der Waals surface area contributed by atoms with Crippen molar-refractivity contribution < 1.29 is 0 Å². The average Bonchev–Trinajstić information content (AvgIpc) is 2.70. The molecule has 0 amide bonds. The summed E-state index contributed by atoms with van der Waals surface area (Å²) in [7, 11) is 0. The molecule has 1 aromatic heterocycles. The lowest BCUT2D eigenvalue weighted by Crippen LogP contribution is -2.39. The Morgan fingerprint density at radius 2 is 2.06 bits per heavy atom. The summed E-state index contributed by atoms with van der Waals surface area (Å²) in [5.41, 5.74) is 9.03. The minimum absolute atomic E-state index is 0.255. The first-order valence-electron chi connectivity index (χ1n) is 6.27. The Hall–Kier alpha value is -0.890. The van der Waals surface area contributed by atoms with Crippen LogP contribution in [0.15, 0.2) is 18.3 Å². The van der Waals surface area contributed by atoms with Crippen LogP contribution in [-0.4, -0.2) is 11.0 Å². The van der Waals surface area contributed by atoms with Crippen LogP contribution in [0.4, 0.5) is 0 Å². The van der Waals surface area contributed by atoms with Gasteiger partial charge in [-0.25, -0.2) is 0 Å².